The molecule has 7 heterocycles. The number of rotatable bonds is 12. The maximum Gasteiger partial charge on any atom is 0.0309 e. The van der Waals surface area contributed by atoms with Crippen LogP contribution in [-0.2, 0) is 12.3 Å². The molecule has 0 radical (unpaired) electrons. The van der Waals surface area contributed by atoms with Gasteiger partial charge in [0, 0.05) is 39.0 Å². The first-order valence-electron chi connectivity index (χ1n) is 32.1. The van der Waals surface area contributed by atoms with Crippen LogP contribution in [0.15, 0.2) is 182 Å². The second-order valence-electron chi connectivity index (χ2n) is 24.9. The first-order chi connectivity index (χ1) is 46.1. The Balaban J connectivity index is 0.000000174. The molecular weight excluding hydrogens is 1370 g/mol. The zero-order valence-electron chi connectivity index (χ0n) is 56.4. The molecule has 13 rings (SSSR count). The van der Waals surface area contributed by atoms with Crippen LogP contribution >= 0.6 is 102 Å². The molecule has 0 aliphatic carbocycles. The summed E-state index contributed by atoms with van der Waals surface area (Å²) in [6, 6.07) is 64.7. The number of carbonyl (C=O) groups is 2. The molecule has 0 atom stereocenters. The van der Waals surface area contributed by atoms with Crippen molar-refractivity contribution in [1.82, 2.24) is 0 Å². The third kappa shape index (κ3) is 13.3. The largest absolute Gasteiger partial charge is 0.136 e. The first-order valence-corrected chi connectivity index (χ1v) is 43.7. The summed E-state index contributed by atoms with van der Waals surface area (Å²) in [6.45, 7) is 26.3. The molecule has 0 saturated heterocycles. The summed E-state index contributed by atoms with van der Waals surface area (Å²) in [6.07, 6.45) is 21.5. The summed E-state index contributed by atoms with van der Waals surface area (Å²) in [7, 11) is 0. The van der Waals surface area contributed by atoms with Crippen LogP contribution in [0.1, 0.15) is 135 Å². The van der Waals surface area contributed by atoms with Crippen molar-refractivity contribution in [2.45, 2.75) is 95.4 Å². The minimum Gasteiger partial charge on any atom is -0.136 e. The van der Waals surface area contributed by atoms with Gasteiger partial charge in [-0.3, -0.25) is 9.59 Å². The third-order valence-corrected chi connectivity index (χ3v) is 42.3. The van der Waals surface area contributed by atoms with Crippen LogP contribution < -0.4 is 31.8 Å². The fourth-order valence-electron chi connectivity index (χ4n) is 12.7. The van der Waals surface area contributed by atoms with Crippen molar-refractivity contribution < 1.29 is 9.59 Å². The van der Waals surface area contributed by atoms with Crippen LogP contribution in [0.3, 0.4) is 0 Å². The van der Waals surface area contributed by atoms with Crippen LogP contribution in [-0.4, -0.2) is 12.6 Å². The standard InChI is InChI=1S/C44H40Cl2P2S.C32H32S4.C8H8O2S/c1-35-36(2)44(34-48(46,40-27-15-6-16-28-40,41-29-17-7-18-30-41)42-31-19-8-20-32-42)49-43(35)33-47(45,37-21-9-3-10-22-37,38-23-11-4-12-24-38)39-25-13-5-14-26-39;1-17-18(2)26-11-12-28-21(5)22(6)30(35-28)15-16-32-24(8)23(7)31(36-32)14-13-29-20(4)19(3)27(34-29)10-9-25(17)33-26;1-5-6(2)8(4-10)11-7(5)3-9/h3-32H,33-34H2,1-2H3;9-16H,1-8H3;3-4H,1-2H3/b;10-9-,12-11-,14-13-,16-15-,25-9?,26-11?,27-10?,28-12?,29-13?,30-15?,31-14?,32-16?;. The molecule has 1 aliphatic heterocycles. The summed E-state index contributed by atoms with van der Waals surface area (Å²) in [4.78, 5) is 35.6. The monoisotopic (exact) mass is 1440 g/mol. The van der Waals surface area contributed by atoms with E-state index in [0.717, 1.165) is 23.7 Å². The minimum absolute atomic E-state index is 0.657. The predicted molar refractivity (Wildman–Crippen MR) is 439 cm³/mol. The van der Waals surface area contributed by atoms with Crippen LogP contribution in [0.4, 0.5) is 0 Å². The van der Waals surface area contributed by atoms with Gasteiger partial charge in [-0.1, -0.05) is 0 Å². The van der Waals surface area contributed by atoms with Gasteiger partial charge in [-0.2, -0.15) is 0 Å². The van der Waals surface area contributed by atoms with E-state index in [1.54, 1.807) is 0 Å². The zero-order valence-corrected chi connectivity index (χ0v) is 64.6. The smallest absolute Gasteiger partial charge is 0.0309 e. The quantitative estimate of drug-likeness (QED) is 0.0902. The average Bonchev–Trinajstić information content (AvgIpc) is 0.802. The molecule has 0 amide bonds. The Morgan fingerprint density at radius 1 is 0.250 bits per heavy atom. The van der Waals surface area contributed by atoms with Gasteiger partial charge in [-0.05, 0) is 173 Å². The van der Waals surface area contributed by atoms with Crippen LogP contribution in [0, 0.1) is 83.1 Å². The van der Waals surface area contributed by atoms with Gasteiger partial charge in [0.2, 0.25) is 0 Å². The molecule has 8 bridgehead atoms. The van der Waals surface area contributed by atoms with Crippen molar-refractivity contribution in [3.8, 4) is 0 Å². The van der Waals surface area contributed by atoms with E-state index in [2.05, 4.69) is 300 Å². The number of fused-ring (bicyclic) bond motifs is 8. The fraction of sp³-hybridized carbons (Fsp3) is 0.167. The van der Waals surface area contributed by atoms with Gasteiger partial charge in [-0.25, -0.2) is 0 Å². The second kappa shape index (κ2) is 29.4. The molecule has 6 aromatic heterocycles. The Hall–Kier alpha value is -6.74. The summed E-state index contributed by atoms with van der Waals surface area (Å²) >= 11 is 27.9. The molecule has 6 aromatic carbocycles. The SMILES string of the molecule is Cc1c(C=O)sc(C=O)c1C.Cc1c(CP(Cl)(c2ccccc2)(c2ccccc2)c2ccccc2)sc(CP(Cl)(c2ccccc2)(c2ccccc2)c2ccccc2)c1C.Cc1c2sc(c1C)/C=C\c1sc(c(C)c1C)/C=C\c1sc(c(C)c1C)/C=C\c1sc(c(C)c1C)/C=C\2. The van der Waals surface area contributed by atoms with E-state index in [-0.39, 0.29) is 0 Å². The van der Waals surface area contributed by atoms with Crippen LogP contribution in [0.2, 0.25) is 0 Å². The van der Waals surface area contributed by atoms with Crippen LogP contribution in [0.25, 0.3) is 48.6 Å². The van der Waals surface area contributed by atoms with Crippen molar-refractivity contribution >= 4 is 195 Å². The van der Waals surface area contributed by atoms with E-state index in [4.69, 9.17) is 22.5 Å². The van der Waals surface area contributed by atoms with E-state index in [0.29, 0.717) is 22.1 Å². The summed E-state index contributed by atoms with van der Waals surface area (Å²) in [5.41, 5.74) is 15.5. The zero-order chi connectivity index (χ0) is 68.2. The van der Waals surface area contributed by atoms with Crippen LogP contribution in [0.5, 0.6) is 0 Å². The molecule has 0 spiro atoms. The summed E-state index contributed by atoms with van der Waals surface area (Å²) < 4.78 is 0. The molecule has 2 nitrogen and oxygen atoms in total. The van der Waals surface area contributed by atoms with Crippen molar-refractivity contribution in [2.75, 3.05) is 0 Å². The first kappa shape index (κ1) is 70.6. The number of carbonyl (C=O) groups excluding carboxylic acids is 2. The molecule has 0 unspecified atom stereocenters. The molecule has 0 N–H and O–H groups in total. The van der Waals surface area contributed by atoms with Gasteiger partial charge in [0.15, 0.2) is 12.6 Å². The maximum atomic E-state index is 10.4. The Morgan fingerprint density at radius 2 is 0.427 bits per heavy atom. The number of thiophene rings is 6. The summed E-state index contributed by atoms with van der Waals surface area (Å²) in [5, 5.41) is 7.05. The molecule has 96 heavy (non-hydrogen) atoms. The molecule has 12 aromatic rings. The number of aldehydes is 2. The van der Waals surface area contributed by atoms with Gasteiger partial charge < -0.3 is 0 Å². The second-order valence-corrected chi connectivity index (χ2v) is 44.4. The molecule has 12 heteroatoms. The van der Waals surface area contributed by atoms with Crippen molar-refractivity contribution in [3.05, 3.63) is 307 Å². The van der Waals surface area contributed by atoms with E-state index in [9.17, 15) is 9.59 Å². The Bertz CT molecular complexity index is 4190. The topological polar surface area (TPSA) is 34.1 Å². The molecular formula is C84H80Cl2O2P2S6. The van der Waals surface area contributed by atoms with Gasteiger partial charge >= 0.3 is 307 Å². The van der Waals surface area contributed by atoms with Crippen molar-refractivity contribution in [2.24, 2.45) is 0 Å². The molecule has 488 valence electrons. The molecule has 0 saturated carbocycles. The normalized spacial score (nSPS) is 14.3. The number of hydrogen-bond acceptors (Lipinski definition) is 8. The number of halogens is 2. The predicted octanol–water partition coefficient (Wildman–Crippen LogP) is 24.1. The number of benzene rings is 6. The molecule has 0 fully saturated rings. The van der Waals surface area contributed by atoms with Gasteiger partial charge in [0.25, 0.3) is 0 Å². The minimum atomic E-state index is -3.54. The van der Waals surface area contributed by atoms with E-state index < -0.39 is 11.9 Å². The Labute approximate surface area is 602 Å². The van der Waals surface area contributed by atoms with Crippen molar-refractivity contribution in [1.29, 1.82) is 0 Å². The van der Waals surface area contributed by atoms with Gasteiger partial charge in [0.05, 0.1) is 9.75 Å². The maximum absolute atomic E-state index is 10.4. The van der Waals surface area contributed by atoms with E-state index in [1.165, 1.54) is 148 Å². The van der Waals surface area contributed by atoms with E-state index >= 15 is 0 Å². The molecule has 1 aliphatic rings. The average molecular weight is 1450 g/mol. The Kier molecular flexibility index (Phi) is 21.6. The number of hydrogen-bond donors (Lipinski definition) is 0. The van der Waals surface area contributed by atoms with E-state index in [1.807, 2.05) is 70.5 Å². The van der Waals surface area contributed by atoms with Gasteiger partial charge in [-0.15, -0.1) is 56.7 Å². The Morgan fingerprint density at radius 3 is 0.583 bits per heavy atom. The fourth-order valence-corrected chi connectivity index (χ4v) is 33.5. The van der Waals surface area contributed by atoms with Gasteiger partial charge in [0.1, 0.15) is 0 Å². The third-order valence-electron chi connectivity index (χ3n) is 19.7. The van der Waals surface area contributed by atoms with Crippen molar-refractivity contribution in [3.63, 3.8) is 0 Å². The summed E-state index contributed by atoms with van der Waals surface area (Å²) in [5.74, 6) is -7.09.